The van der Waals surface area contributed by atoms with Crippen LogP contribution in [0.5, 0.6) is 5.75 Å². The number of carbonyl (C=O) groups excluding carboxylic acids is 2. The van der Waals surface area contributed by atoms with Gasteiger partial charge in [0.1, 0.15) is 5.75 Å². The zero-order valence-corrected chi connectivity index (χ0v) is 17.5. The van der Waals surface area contributed by atoms with E-state index in [1.54, 1.807) is 7.11 Å². The molecule has 3 rings (SSSR count). The first kappa shape index (κ1) is 21.7. The van der Waals surface area contributed by atoms with Crippen molar-refractivity contribution in [3.8, 4) is 5.75 Å². The average molecular weight is 410 g/mol. The summed E-state index contributed by atoms with van der Waals surface area (Å²) >= 11 is 0. The van der Waals surface area contributed by atoms with E-state index >= 15 is 0 Å². The maximum atomic E-state index is 12.4. The summed E-state index contributed by atoms with van der Waals surface area (Å²) in [6.07, 6.45) is 4.11. The average Bonchev–Trinajstić information content (AvgIpc) is 2.79. The summed E-state index contributed by atoms with van der Waals surface area (Å²) in [5, 5.41) is 8.98. The summed E-state index contributed by atoms with van der Waals surface area (Å²) < 4.78 is 5.13. The lowest BCUT2D eigenvalue weighted by Gasteiger charge is -2.28. The van der Waals surface area contributed by atoms with Crippen molar-refractivity contribution in [1.29, 1.82) is 0 Å². The Morgan fingerprint density at radius 2 is 1.60 bits per heavy atom. The number of urea groups is 1. The van der Waals surface area contributed by atoms with E-state index in [0.29, 0.717) is 13.1 Å². The van der Waals surface area contributed by atoms with Crippen LogP contribution in [0.25, 0.3) is 0 Å². The van der Waals surface area contributed by atoms with Crippen molar-refractivity contribution in [1.82, 2.24) is 16.0 Å². The second-order valence-corrected chi connectivity index (χ2v) is 7.75. The van der Waals surface area contributed by atoms with Gasteiger partial charge in [-0.05, 0) is 55.4 Å². The van der Waals surface area contributed by atoms with Crippen LogP contribution in [0.4, 0.5) is 4.79 Å². The molecule has 3 N–H and O–H groups in total. The molecule has 0 heterocycles. The smallest absolute Gasteiger partial charge is 0.315 e. The van der Waals surface area contributed by atoms with Gasteiger partial charge in [-0.15, -0.1) is 0 Å². The molecule has 0 atom stereocenters. The van der Waals surface area contributed by atoms with Crippen molar-refractivity contribution in [2.45, 2.75) is 44.7 Å². The summed E-state index contributed by atoms with van der Waals surface area (Å²) in [5.41, 5.74) is 2.24. The zero-order valence-electron chi connectivity index (χ0n) is 17.5. The second kappa shape index (κ2) is 11.2. The van der Waals surface area contributed by atoms with Gasteiger partial charge in [-0.25, -0.2) is 4.79 Å². The van der Waals surface area contributed by atoms with Crippen molar-refractivity contribution < 1.29 is 14.3 Å². The predicted octanol–water partition coefficient (Wildman–Crippen LogP) is 3.41. The summed E-state index contributed by atoms with van der Waals surface area (Å²) in [5.74, 6) is 0.971. The number of hydrogen-bond donors (Lipinski definition) is 3. The lowest BCUT2D eigenvalue weighted by Crippen LogP contribution is -2.44. The Kier molecular flexibility index (Phi) is 8.12. The van der Waals surface area contributed by atoms with Gasteiger partial charge in [0, 0.05) is 25.0 Å². The molecule has 160 valence electrons. The number of rotatable bonds is 8. The SMILES string of the molecule is COc1ccc(CNC(=O)NC2CCC(C(=O)NCCc3ccccc3)CC2)cc1. The molecule has 0 unspecified atom stereocenters. The number of nitrogens with one attached hydrogen (secondary N) is 3. The maximum absolute atomic E-state index is 12.4. The molecule has 0 aliphatic heterocycles. The molecule has 1 aliphatic carbocycles. The molecular formula is C24H31N3O3. The molecule has 2 aromatic rings. The van der Waals surface area contributed by atoms with Crippen LogP contribution in [0.3, 0.4) is 0 Å². The lowest BCUT2D eigenvalue weighted by atomic mass is 9.85. The normalized spacial score (nSPS) is 18.3. The molecule has 2 aromatic carbocycles. The number of methoxy groups -OCH3 is 1. The number of hydrogen-bond acceptors (Lipinski definition) is 3. The molecule has 0 saturated heterocycles. The minimum atomic E-state index is -0.165. The third kappa shape index (κ3) is 6.79. The monoisotopic (exact) mass is 409 g/mol. The Balaban J connectivity index is 1.31. The molecule has 0 radical (unpaired) electrons. The first-order valence-electron chi connectivity index (χ1n) is 10.6. The van der Waals surface area contributed by atoms with Gasteiger partial charge < -0.3 is 20.7 Å². The molecule has 3 amide bonds. The minimum Gasteiger partial charge on any atom is -0.497 e. The van der Waals surface area contributed by atoms with Crippen molar-refractivity contribution in [3.05, 3.63) is 65.7 Å². The van der Waals surface area contributed by atoms with Gasteiger partial charge in [-0.3, -0.25) is 4.79 Å². The molecule has 1 saturated carbocycles. The van der Waals surface area contributed by atoms with Crippen molar-refractivity contribution in [2.24, 2.45) is 5.92 Å². The van der Waals surface area contributed by atoms with Gasteiger partial charge in [-0.1, -0.05) is 42.5 Å². The quantitative estimate of drug-likeness (QED) is 0.625. The summed E-state index contributed by atoms with van der Waals surface area (Å²) in [6, 6.07) is 17.7. The molecular weight excluding hydrogens is 378 g/mol. The van der Waals surface area contributed by atoms with E-state index in [1.807, 2.05) is 42.5 Å². The van der Waals surface area contributed by atoms with E-state index in [-0.39, 0.29) is 23.9 Å². The van der Waals surface area contributed by atoms with Gasteiger partial charge in [0.2, 0.25) is 5.91 Å². The van der Waals surface area contributed by atoms with Crippen LogP contribution < -0.4 is 20.7 Å². The fraction of sp³-hybridized carbons (Fsp3) is 0.417. The summed E-state index contributed by atoms with van der Waals surface area (Å²) in [4.78, 5) is 24.6. The largest absolute Gasteiger partial charge is 0.497 e. The molecule has 1 aliphatic rings. The Bertz CT molecular complexity index is 800. The van der Waals surface area contributed by atoms with Gasteiger partial charge in [0.15, 0.2) is 0 Å². The van der Waals surface area contributed by atoms with Crippen LogP contribution in [-0.4, -0.2) is 31.6 Å². The molecule has 6 nitrogen and oxygen atoms in total. The predicted molar refractivity (Wildman–Crippen MR) is 117 cm³/mol. The van der Waals surface area contributed by atoms with Gasteiger partial charge in [0.05, 0.1) is 7.11 Å². The van der Waals surface area contributed by atoms with Crippen LogP contribution in [0, 0.1) is 5.92 Å². The van der Waals surface area contributed by atoms with Crippen molar-refractivity contribution in [3.63, 3.8) is 0 Å². The van der Waals surface area contributed by atoms with E-state index in [2.05, 4.69) is 28.1 Å². The highest BCUT2D eigenvalue weighted by Crippen LogP contribution is 2.24. The molecule has 0 spiro atoms. The van der Waals surface area contributed by atoms with Crippen LogP contribution in [-0.2, 0) is 17.8 Å². The fourth-order valence-corrected chi connectivity index (χ4v) is 3.78. The lowest BCUT2D eigenvalue weighted by molar-refractivity contribution is -0.126. The number of carbonyl (C=O) groups is 2. The molecule has 30 heavy (non-hydrogen) atoms. The van der Waals surface area contributed by atoms with Gasteiger partial charge in [-0.2, -0.15) is 0 Å². The Morgan fingerprint density at radius 3 is 2.27 bits per heavy atom. The third-order valence-electron chi connectivity index (χ3n) is 5.60. The molecule has 0 bridgehead atoms. The van der Waals surface area contributed by atoms with Crippen molar-refractivity contribution in [2.75, 3.05) is 13.7 Å². The summed E-state index contributed by atoms with van der Waals surface area (Å²) in [6.45, 7) is 1.13. The highest BCUT2D eigenvalue weighted by molar-refractivity contribution is 5.79. The number of amides is 3. The zero-order chi connectivity index (χ0) is 21.2. The Hall–Kier alpha value is -3.02. The first-order valence-corrected chi connectivity index (χ1v) is 10.6. The standard InChI is InChI=1S/C24H31N3O3/c1-30-22-13-7-19(8-14-22)17-26-24(29)27-21-11-9-20(10-12-21)23(28)25-16-15-18-5-3-2-4-6-18/h2-8,13-14,20-21H,9-12,15-17H2,1H3,(H,25,28)(H2,26,27,29). The van der Waals surface area contributed by atoms with E-state index < -0.39 is 0 Å². The third-order valence-corrected chi connectivity index (χ3v) is 5.60. The Labute approximate surface area is 178 Å². The molecule has 6 heteroatoms. The van der Waals surface area contributed by atoms with E-state index in [0.717, 1.165) is 43.4 Å². The van der Waals surface area contributed by atoms with Crippen LogP contribution in [0.15, 0.2) is 54.6 Å². The van der Waals surface area contributed by atoms with Gasteiger partial charge >= 0.3 is 6.03 Å². The van der Waals surface area contributed by atoms with E-state index in [9.17, 15) is 9.59 Å². The second-order valence-electron chi connectivity index (χ2n) is 7.75. The maximum Gasteiger partial charge on any atom is 0.315 e. The molecule has 1 fully saturated rings. The van der Waals surface area contributed by atoms with E-state index in [4.69, 9.17) is 4.74 Å². The highest BCUT2D eigenvalue weighted by atomic mass is 16.5. The van der Waals surface area contributed by atoms with Crippen LogP contribution in [0.2, 0.25) is 0 Å². The first-order chi connectivity index (χ1) is 14.6. The summed E-state index contributed by atoms with van der Waals surface area (Å²) in [7, 11) is 1.63. The van der Waals surface area contributed by atoms with Crippen molar-refractivity contribution >= 4 is 11.9 Å². The number of benzene rings is 2. The van der Waals surface area contributed by atoms with E-state index in [1.165, 1.54) is 5.56 Å². The molecule has 0 aromatic heterocycles. The minimum absolute atomic E-state index is 0.0428. The highest BCUT2D eigenvalue weighted by Gasteiger charge is 2.26. The van der Waals surface area contributed by atoms with Crippen LogP contribution >= 0.6 is 0 Å². The van der Waals surface area contributed by atoms with Gasteiger partial charge in [0.25, 0.3) is 0 Å². The Morgan fingerprint density at radius 1 is 0.900 bits per heavy atom. The number of ether oxygens (including phenoxy) is 1. The van der Waals surface area contributed by atoms with Crippen LogP contribution in [0.1, 0.15) is 36.8 Å². The topological polar surface area (TPSA) is 79.5 Å². The fourth-order valence-electron chi connectivity index (χ4n) is 3.78.